The first kappa shape index (κ1) is 13.9. The predicted molar refractivity (Wildman–Crippen MR) is 80.0 cm³/mol. The molecule has 1 amide bonds. The van der Waals surface area contributed by atoms with Crippen LogP contribution in [-0.2, 0) is 4.79 Å². The van der Waals surface area contributed by atoms with Gasteiger partial charge in [-0.15, -0.1) is 0 Å². The SMILES string of the molecule is Cc1c(N)cccc1NC(=O)C1CCCCC1(C)C. The van der Waals surface area contributed by atoms with E-state index in [-0.39, 0.29) is 17.2 Å². The van der Waals surface area contributed by atoms with Crippen LogP contribution in [-0.4, -0.2) is 5.91 Å². The Balaban J connectivity index is 2.14. The van der Waals surface area contributed by atoms with Gasteiger partial charge in [-0.05, 0) is 42.9 Å². The van der Waals surface area contributed by atoms with Gasteiger partial charge in [0.05, 0.1) is 0 Å². The number of amides is 1. The van der Waals surface area contributed by atoms with Crippen molar-refractivity contribution in [3.05, 3.63) is 23.8 Å². The van der Waals surface area contributed by atoms with E-state index in [0.29, 0.717) is 0 Å². The normalized spacial score (nSPS) is 21.9. The highest BCUT2D eigenvalue weighted by Crippen LogP contribution is 2.41. The first-order valence-corrected chi connectivity index (χ1v) is 7.08. The van der Waals surface area contributed by atoms with Crippen LogP contribution in [0.15, 0.2) is 18.2 Å². The fourth-order valence-electron chi connectivity index (χ4n) is 2.99. The summed E-state index contributed by atoms with van der Waals surface area (Å²) in [6.07, 6.45) is 4.49. The van der Waals surface area contributed by atoms with Crippen molar-refractivity contribution < 1.29 is 4.79 Å². The highest BCUT2D eigenvalue weighted by atomic mass is 16.1. The fourth-order valence-corrected chi connectivity index (χ4v) is 2.99. The van der Waals surface area contributed by atoms with E-state index in [1.54, 1.807) is 0 Å². The number of nitrogens with two attached hydrogens (primary N) is 1. The number of benzene rings is 1. The first-order chi connectivity index (χ1) is 8.92. The fraction of sp³-hybridized carbons (Fsp3) is 0.562. The van der Waals surface area contributed by atoms with Crippen molar-refractivity contribution in [3.8, 4) is 0 Å². The molecule has 3 N–H and O–H groups in total. The smallest absolute Gasteiger partial charge is 0.228 e. The molecular weight excluding hydrogens is 236 g/mol. The Hall–Kier alpha value is -1.51. The van der Waals surface area contributed by atoms with Crippen molar-refractivity contribution in [2.75, 3.05) is 11.1 Å². The summed E-state index contributed by atoms with van der Waals surface area (Å²) < 4.78 is 0. The van der Waals surface area contributed by atoms with Gasteiger partial charge in [0.2, 0.25) is 5.91 Å². The van der Waals surface area contributed by atoms with Crippen LogP contribution in [0.3, 0.4) is 0 Å². The van der Waals surface area contributed by atoms with E-state index < -0.39 is 0 Å². The van der Waals surface area contributed by atoms with Gasteiger partial charge in [-0.1, -0.05) is 32.8 Å². The molecule has 1 saturated carbocycles. The van der Waals surface area contributed by atoms with Gasteiger partial charge in [-0.25, -0.2) is 0 Å². The predicted octanol–water partition coefficient (Wildman–Crippen LogP) is 3.73. The molecule has 0 saturated heterocycles. The monoisotopic (exact) mass is 260 g/mol. The van der Waals surface area contributed by atoms with E-state index in [2.05, 4.69) is 19.2 Å². The first-order valence-electron chi connectivity index (χ1n) is 7.08. The molecule has 0 spiro atoms. The third-order valence-corrected chi connectivity index (χ3v) is 4.46. The summed E-state index contributed by atoms with van der Waals surface area (Å²) in [5, 5.41) is 3.06. The molecule has 0 heterocycles. The average molecular weight is 260 g/mol. The maximum Gasteiger partial charge on any atom is 0.228 e. The van der Waals surface area contributed by atoms with Crippen LogP contribution in [0.4, 0.5) is 11.4 Å². The zero-order valence-corrected chi connectivity index (χ0v) is 12.1. The Labute approximate surface area is 115 Å². The number of hydrogen-bond acceptors (Lipinski definition) is 2. The summed E-state index contributed by atoms with van der Waals surface area (Å²) in [7, 11) is 0. The van der Waals surface area contributed by atoms with Crippen LogP contribution in [0.1, 0.15) is 45.1 Å². The maximum atomic E-state index is 12.5. The molecule has 0 aromatic heterocycles. The molecule has 104 valence electrons. The van der Waals surface area contributed by atoms with Gasteiger partial charge in [0.15, 0.2) is 0 Å². The highest BCUT2D eigenvalue weighted by Gasteiger charge is 2.37. The lowest BCUT2D eigenvalue weighted by molar-refractivity contribution is -0.124. The van der Waals surface area contributed by atoms with E-state index >= 15 is 0 Å². The molecule has 1 aliphatic carbocycles. The van der Waals surface area contributed by atoms with E-state index in [9.17, 15) is 4.79 Å². The maximum absolute atomic E-state index is 12.5. The van der Waals surface area contributed by atoms with Crippen molar-refractivity contribution >= 4 is 17.3 Å². The third kappa shape index (κ3) is 2.91. The van der Waals surface area contributed by atoms with Gasteiger partial charge in [-0.2, -0.15) is 0 Å². The van der Waals surface area contributed by atoms with Gasteiger partial charge < -0.3 is 11.1 Å². The summed E-state index contributed by atoms with van der Waals surface area (Å²) >= 11 is 0. The molecule has 1 fully saturated rings. The van der Waals surface area contributed by atoms with Gasteiger partial charge in [-0.3, -0.25) is 4.79 Å². The van der Waals surface area contributed by atoms with Crippen LogP contribution in [0.2, 0.25) is 0 Å². The van der Waals surface area contributed by atoms with Crippen LogP contribution < -0.4 is 11.1 Å². The molecule has 0 bridgehead atoms. The summed E-state index contributed by atoms with van der Waals surface area (Å²) in [6, 6.07) is 5.65. The van der Waals surface area contributed by atoms with E-state index in [0.717, 1.165) is 36.2 Å². The summed E-state index contributed by atoms with van der Waals surface area (Å²) in [5.74, 6) is 0.237. The Bertz CT molecular complexity index is 480. The molecule has 19 heavy (non-hydrogen) atoms. The molecule has 1 atom stereocenters. The lowest BCUT2D eigenvalue weighted by Crippen LogP contribution is -2.37. The molecule has 3 heteroatoms. The number of anilines is 2. The number of hydrogen-bond donors (Lipinski definition) is 2. The van der Waals surface area contributed by atoms with Crippen molar-refractivity contribution in [1.29, 1.82) is 0 Å². The quantitative estimate of drug-likeness (QED) is 0.796. The van der Waals surface area contributed by atoms with Gasteiger partial charge >= 0.3 is 0 Å². The zero-order valence-electron chi connectivity index (χ0n) is 12.1. The van der Waals surface area contributed by atoms with E-state index in [1.165, 1.54) is 6.42 Å². The van der Waals surface area contributed by atoms with Crippen molar-refractivity contribution in [2.45, 2.75) is 46.5 Å². The molecule has 3 nitrogen and oxygen atoms in total. The summed E-state index contributed by atoms with van der Waals surface area (Å²) in [4.78, 5) is 12.5. The third-order valence-electron chi connectivity index (χ3n) is 4.46. The molecule has 1 aromatic carbocycles. The van der Waals surface area contributed by atoms with Crippen LogP contribution >= 0.6 is 0 Å². The molecular formula is C16H24N2O. The minimum absolute atomic E-state index is 0.0938. The second kappa shape index (κ2) is 5.24. The lowest BCUT2D eigenvalue weighted by atomic mass is 9.68. The number of nitrogens with one attached hydrogen (secondary N) is 1. The van der Waals surface area contributed by atoms with Gasteiger partial charge in [0.25, 0.3) is 0 Å². The molecule has 0 aliphatic heterocycles. The van der Waals surface area contributed by atoms with E-state index in [4.69, 9.17) is 5.73 Å². The summed E-state index contributed by atoms with van der Waals surface area (Å²) in [6.45, 7) is 6.34. The Kier molecular flexibility index (Phi) is 3.83. The van der Waals surface area contributed by atoms with E-state index in [1.807, 2.05) is 25.1 Å². The molecule has 1 aliphatic rings. The van der Waals surface area contributed by atoms with Crippen LogP contribution in [0.5, 0.6) is 0 Å². The van der Waals surface area contributed by atoms with Crippen molar-refractivity contribution in [3.63, 3.8) is 0 Å². The number of carbonyl (C=O) groups excluding carboxylic acids is 1. The average Bonchev–Trinajstić information content (AvgIpc) is 2.34. The van der Waals surface area contributed by atoms with Crippen LogP contribution in [0.25, 0.3) is 0 Å². The van der Waals surface area contributed by atoms with Crippen molar-refractivity contribution in [2.24, 2.45) is 11.3 Å². The lowest BCUT2D eigenvalue weighted by Gasteiger charge is -2.37. The molecule has 1 unspecified atom stereocenters. The second-order valence-corrected chi connectivity index (χ2v) is 6.30. The summed E-state index contributed by atoms with van der Waals surface area (Å²) in [5.41, 5.74) is 8.48. The minimum Gasteiger partial charge on any atom is -0.398 e. The Morgan fingerprint density at radius 2 is 2.11 bits per heavy atom. The zero-order chi connectivity index (χ0) is 14.0. The van der Waals surface area contributed by atoms with Crippen LogP contribution in [0, 0.1) is 18.3 Å². The molecule has 2 rings (SSSR count). The number of carbonyl (C=O) groups is 1. The van der Waals surface area contributed by atoms with Gasteiger partial charge in [0.1, 0.15) is 0 Å². The molecule has 1 aromatic rings. The molecule has 0 radical (unpaired) electrons. The largest absolute Gasteiger partial charge is 0.398 e. The second-order valence-electron chi connectivity index (χ2n) is 6.30. The Morgan fingerprint density at radius 1 is 1.37 bits per heavy atom. The highest BCUT2D eigenvalue weighted by molar-refractivity contribution is 5.94. The Morgan fingerprint density at radius 3 is 2.79 bits per heavy atom. The number of rotatable bonds is 2. The standard InChI is InChI=1S/C16H24N2O/c1-11-13(17)8-6-9-14(11)18-15(19)12-7-4-5-10-16(12,2)3/h6,8-9,12H,4-5,7,10,17H2,1-3H3,(H,18,19). The topological polar surface area (TPSA) is 55.1 Å². The number of nitrogen functional groups attached to an aromatic ring is 1. The van der Waals surface area contributed by atoms with Crippen molar-refractivity contribution in [1.82, 2.24) is 0 Å². The minimum atomic E-state index is 0.0938. The van der Waals surface area contributed by atoms with Gasteiger partial charge in [0, 0.05) is 17.3 Å².